The summed E-state index contributed by atoms with van der Waals surface area (Å²) in [6.07, 6.45) is 5.32. The Balaban J connectivity index is 1.42. The monoisotopic (exact) mass is 380 g/mol. The minimum absolute atomic E-state index is 0.0324. The summed E-state index contributed by atoms with van der Waals surface area (Å²) in [6, 6.07) is 4.22. The summed E-state index contributed by atoms with van der Waals surface area (Å²) in [5.74, 6) is 0. The highest BCUT2D eigenvalue weighted by Gasteiger charge is 2.47. The van der Waals surface area contributed by atoms with Crippen molar-refractivity contribution in [3.05, 3.63) is 30.2 Å². The number of amides is 1. The second-order valence-corrected chi connectivity index (χ2v) is 8.85. The number of aryl methyl sites for hydroxylation is 1. The standard InChI is InChI=1S/C20H24N6O2/c1-19(2,3)28-18(27)25-6-4-20(12-25)5-7-26-16(20)9-15(24-26)13-8-14-11-22-23-17(14)21-10-13/h8-11H,4-7,12H2,1-3H3,(H,21,22,23). The van der Waals surface area contributed by atoms with E-state index >= 15 is 0 Å². The zero-order valence-electron chi connectivity index (χ0n) is 16.4. The van der Waals surface area contributed by atoms with Gasteiger partial charge in [-0.15, -0.1) is 0 Å². The number of likely N-dealkylation sites (tertiary alicyclic amines) is 1. The topological polar surface area (TPSA) is 88.9 Å². The van der Waals surface area contributed by atoms with Gasteiger partial charge in [-0.05, 0) is 45.7 Å². The summed E-state index contributed by atoms with van der Waals surface area (Å²) >= 11 is 0. The van der Waals surface area contributed by atoms with Crippen LogP contribution in [0, 0.1) is 0 Å². The van der Waals surface area contributed by atoms with Crippen molar-refractivity contribution in [3.63, 3.8) is 0 Å². The van der Waals surface area contributed by atoms with Crippen LogP contribution in [0.2, 0.25) is 0 Å². The summed E-state index contributed by atoms with van der Waals surface area (Å²) in [5.41, 5.74) is 3.37. The summed E-state index contributed by atoms with van der Waals surface area (Å²) in [6.45, 7) is 7.98. The molecule has 1 atom stereocenters. The normalized spacial score (nSPS) is 21.6. The molecule has 5 heterocycles. The van der Waals surface area contributed by atoms with Gasteiger partial charge in [0.15, 0.2) is 5.65 Å². The molecule has 2 aliphatic heterocycles. The highest BCUT2D eigenvalue weighted by atomic mass is 16.6. The van der Waals surface area contributed by atoms with Crippen molar-refractivity contribution in [2.75, 3.05) is 13.1 Å². The largest absolute Gasteiger partial charge is 0.444 e. The van der Waals surface area contributed by atoms with Crippen molar-refractivity contribution in [2.45, 2.75) is 51.2 Å². The van der Waals surface area contributed by atoms with Gasteiger partial charge in [-0.2, -0.15) is 10.2 Å². The van der Waals surface area contributed by atoms with Crippen molar-refractivity contribution in [1.82, 2.24) is 29.9 Å². The Kier molecular flexibility index (Phi) is 3.56. The van der Waals surface area contributed by atoms with Crippen LogP contribution in [0.1, 0.15) is 39.3 Å². The van der Waals surface area contributed by atoms with E-state index in [0.717, 1.165) is 48.2 Å². The van der Waals surface area contributed by atoms with E-state index in [4.69, 9.17) is 9.84 Å². The van der Waals surface area contributed by atoms with Gasteiger partial charge in [0.25, 0.3) is 0 Å². The van der Waals surface area contributed by atoms with Crippen LogP contribution in [0.5, 0.6) is 0 Å². The molecule has 0 aromatic carbocycles. The lowest BCUT2D eigenvalue weighted by Gasteiger charge is -2.26. The number of nitrogens with one attached hydrogen (secondary N) is 1. The minimum Gasteiger partial charge on any atom is -0.444 e. The highest BCUT2D eigenvalue weighted by molar-refractivity contribution is 5.79. The summed E-state index contributed by atoms with van der Waals surface area (Å²) in [4.78, 5) is 18.8. The quantitative estimate of drug-likeness (QED) is 0.701. The van der Waals surface area contributed by atoms with Crippen molar-refractivity contribution in [2.24, 2.45) is 0 Å². The van der Waals surface area contributed by atoms with Gasteiger partial charge in [-0.25, -0.2) is 9.78 Å². The number of rotatable bonds is 1. The molecular weight excluding hydrogens is 356 g/mol. The number of ether oxygens (including phenoxy) is 1. The Hall–Kier alpha value is -2.90. The predicted octanol–water partition coefficient (Wildman–Crippen LogP) is 3.10. The van der Waals surface area contributed by atoms with Crippen molar-refractivity contribution >= 4 is 17.1 Å². The van der Waals surface area contributed by atoms with Crippen molar-refractivity contribution in [3.8, 4) is 11.3 Å². The maximum Gasteiger partial charge on any atom is 0.410 e. The molecule has 0 radical (unpaired) electrons. The SMILES string of the molecule is CC(C)(C)OC(=O)N1CCC2(CCn3nc(-c4cnc5[nH]ncc5c4)cc32)C1. The fourth-order valence-electron chi connectivity index (χ4n) is 4.35. The van der Waals surface area contributed by atoms with E-state index in [0.29, 0.717) is 6.54 Å². The molecule has 1 saturated heterocycles. The second kappa shape index (κ2) is 5.80. The molecular formula is C20H24N6O2. The Morgan fingerprint density at radius 1 is 1.21 bits per heavy atom. The first-order valence-electron chi connectivity index (χ1n) is 9.69. The van der Waals surface area contributed by atoms with E-state index in [9.17, 15) is 4.79 Å². The number of hydrogen-bond acceptors (Lipinski definition) is 5. The summed E-state index contributed by atoms with van der Waals surface area (Å²) in [7, 11) is 0. The van der Waals surface area contributed by atoms with Crippen LogP contribution in [-0.4, -0.2) is 54.6 Å². The van der Waals surface area contributed by atoms with Crippen LogP contribution in [0.15, 0.2) is 24.5 Å². The van der Waals surface area contributed by atoms with Gasteiger partial charge < -0.3 is 9.64 Å². The molecule has 1 spiro atoms. The van der Waals surface area contributed by atoms with E-state index in [2.05, 4.69) is 32.0 Å². The number of fused-ring (bicyclic) bond motifs is 3. The minimum atomic E-state index is -0.476. The number of aromatic nitrogens is 5. The first-order valence-corrected chi connectivity index (χ1v) is 9.69. The van der Waals surface area contributed by atoms with Crippen LogP contribution < -0.4 is 0 Å². The molecule has 1 N–H and O–H groups in total. The number of carbonyl (C=O) groups excluding carboxylic acids is 1. The van der Waals surface area contributed by atoms with Crippen LogP contribution in [0.3, 0.4) is 0 Å². The number of hydrogen-bond donors (Lipinski definition) is 1. The lowest BCUT2D eigenvalue weighted by Crippen LogP contribution is -2.37. The Labute approximate surface area is 162 Å². The molecule has 1 fully saturated rings. The fourth-order valence-corrected chi connectivity index (χ4v) is 4.35. The van der Waals surface area contributed by atoms with Crippen LogP contribution in [0.25, 0.3) is 22.3 Å². The van der Waals surface area contributed by atoms with Crippen LogP contribution in [0.4, 0.5) is 4.79 Å². The zero-order chi connectivity index (χ0) is 19.5. The molecule has 146 valence electrons. The lowest BCUT2D eigenvalue weighted by atomic mass is 9.82. The third-order valence-corrected chi connectivity index (χ3v) is 5.72. The summed E-state index contributed by atoms with van der Waals surface area (Å²) in [5, 5.41) is 12.7. The predicted molar refractivity (Wildman–Crippen MR) is 104 cm³/mol. The number of carbonyl (C=O) groups is 1. The Bertz CT molecular complexity index is 1060. The van der Waals surface area contributed by atoms with Crippen LogP contribution in [-0.2, 0) is 16.7 Å². The van der Waals surface area contributed by atoms with Gasteiger partial charge in [0.1, 0.15) is 5.60 Å². The molecule has 1 amide bonds. The third-order valence-electron chi connectivity index (χ3n) is 5.72. The van der Waals surface area contributed by atoms with Gasteiger partial charge in [0.05, 0.1) is 11.9 Å². The molecule has 5 rings (SSSR count). The molecule has 2 aliphatic rings. The van der Waals surface area contributed by atoms with Crippen molar-refractivity contribution < 1.29 is 9.53 Å². The zero-order valence-corrected chi connectivity index (χ0v) is 16.4. The number of pyridine rings is 1. The number of aromatic amines is 1. The van der Waals surface area contributed by atoms with Gasteiger partial charge in [-0.3, -0.25) is 9.78 Å². The van der Waals surface area contributed by atoms with E-state index in [-0.39, 0.29) is 11.5 Å². The first-order chi connectivity index (χ1) is 13.3. The maximum atomic E-state index is 12.5. The molecule has 3 aromatic heterocycles. The van der Waals surface area contributed by atoms with Gasteiger partial charge in [-0.1, -0.05) is 0 Å². The summed E-state index contributed by atoms with van der Waals surface area (Å²) < 4.78 is 7.66. The number of nitrogens with zero attached hydrogens (tertiary/aromatic N) is 5. The third kappa shape index (κ3) is 2.75. The van der Waals surface area contributed by atoms with E-state index in [1.807, 2.05) is 31.9 Å². The van der Waals surface area contributed by atoms with E-state index in [1.54, 1.807) is 6.20 Å². The lowest BCUT2D eigenvalue weighted by molar-refractivity contribution is 0.0284. The second-order valence-electron chi connectivity index (χ2n) is 8.85. The van der Waals surface area contributed by atoms with Crippen molar-refractivity contribution in [1.29, 1.82) is 0 Å². The van der Waals surface area contributed by atoms with Crippen LogP contribution >= 0.6 is 0 Å². The highest BCUT2D eigenvalue weighted by Crippen LogP contribution is 2.44. The Morgan fingerprint density at radius 2 is 2.04 bits per heavy atom. The molecule has 1 unspecified atom stereocenters. The van der Waals surface area contributed by atoms with E-state index < -0.39 is 5.60 Å². The fraction of sp³-hybridized carbons (Fsp3) is 0.500. The maximum absolute atomic E-state index is 12.5. The number of H-pyrrole nitrogens is 1. The average Bonchev–Trinajstić information content (AvgIpc) is 3.38. The molecule has 8 heteroatoms. The molecule has 8 nitrogen and oxygen atoms in total. The average molecular weight is 380 g/mol. The van der Waals surface area contributed by atoms with Gasteiger partial charge >= 0.3 is 6.09 Å². The molecule has 0 aliphatic carbocycles. The van der Waals surface area contributed by atoms with Gasteiger partial charge in [0.2, 0.25) is 0 Å². The Morgan fingerprint density at radius 3 is 2.86 bits per heavy atom. The molecule has 0 bridgehead atoms. The first kappa shape index (κ1) is 17.2. The molecule has 0 saturated carbocycles. The smallest absolute Gasteiger partial charge is 0.410 e. The van der Waals surface area contributed by atoms with Gasteiger partial charge in [0, 0.05) is 47.9 Å². The van der Waals surface area contributed by atoms with E-state index in [1.165, 1.54) is 5.69 Å². The molecule has 28 heavy (non-hydrogen) atoms. The molecule has 3 aromatic rings.